The molecule has 1 aliphatic rings. The number of anilines is 1. The Balaban J connectivity index is 1.51. The highest BCUT2D eigenvalue weighted by Crippen LogP contribution is 2.27. The quantitative estimate of drug-likeness (QED) is 0.404. The summed E-state index contributed by atoms with van der Waals surface area (Å²) in [5.74, 6) is 0.892. The van der Waals surface area contributed by atoms with Crippen LogP contribution in [0.5, 0.6) is 0 Å². The molecule has 1 saturated heterocycles. The number of carbonyl (C=O) groups excluding carboxylic acids is 1. The number of nitrogens with zero attached hydrogens (tertiary/aromatic N) is 1. The molecule has 1 amide bonds. The Bertz CT molecular complexity index is 1020. The number of amides is 1. The summed E-state index contributed by atoms with van der Waals surface area (Å²) in [4.78, 5) is 16.0. The summed E-state index contributed by atoms with van der Waals surface area (Å²) in [6.07, 6.45) is 3.72. The summed E-state index contributed by atoms with van der Waals surface area (Å²) in [5, 5.41) is 3.02. The van der Waals surface area contributed by atoms with Gasteiger partial charge in [0.1, 0.15) is 0 Å². The average Bonchev–Trinajstić information content (AvgIpc) is 2.78. The summed E-state index contributed by atoms with van der Waals surface area (Å²) >= 11 is 1.63. The van der Waals surface area contributed by atoms with E-state index in [1.807, 2.05) is 37.3 Å². The van der Waals surface area contributed by atoms with Gasteiger partial charge in [-0.25, -0.2) is 13.1 Å². The van der Waals surface area contributed by atoms with Gasteiger partial charge >= 0.3 is 0 Å². The molecule has 0 bridgehead atoms. The molecule has 8 heteroatoms. The van der Waals surface area contributed by atoms with Crippen molar-refractivity contribution < 1.29 is 13.2 Å². The van der Waals surface area contributed by atoms with Crippen LogP contribution in [0.3, 0.4) is 0 Å². The SMILES string of the molecule is C=CCSc1ccccc1NC(=O)CN1CCCC(CNS(=O)(=O)c2ccc(C)cc2)C1. The number of carbonyl (C=O) groups is 1. The number of thioether (sulfide) groups is 1. The second-order valence-corrected chi connectivity index (χ2v) is 10.9. The first-order valence-corrected chi connectivity index (χ1v) is 13.3. The van der Waals surface area contributed by atoms with E-state index in [2.05, 4.69) is 21.5 Å². The van der Waals surface area contributed by atoms with Gasteiger partial charge in [0.25, 0.3) is 0 Å². The molecule has 1 unspecified atom stereocenters. The zero-order chi connectivity index (χ0) is 23.0. The highest BCUT2D eigenvalue weighted by atomic mass is 32.2. The first-order chi connectivity index (χ1) is 15.4. The number of hydrogen-bond donors (Lipinski definition) is 2. The minimum Gasteiger partial charge on any atom is -0.324 e. The molecule has 1 atom stereocenters. The molecule has 32 heavy (non-hydrogen) atoms. The monoisotopic (exact) mass is 473 g/mol. The van der Waals surface area contributed by atoms with Crippen LogP contribution in [0.25, 0.3) is 0 Å². The van der Waals surface area contributed by atoms with Crippen LogP contribution in [0.2, 0.25) is 0 Å². The Kier molecular flexibility index (Phi) is 8.92. The fraction of sp³-hybridized carbons (Fsp3) is 0.375. The van der Waals surface area contributed by atoms with Crippen molar-refractivity contribution in [2.75, 3.05) is 37.2 Å². The largest absolute Gasteiger partial charge is 0.324 e. The highest BCUT2D eigenvalue weighted by molar-refractivity contribution is 7.99. The number of sulfonamides is 1. The minimum absolute atomic E-state index is 0.0578. The Morgan fingerprint density at radius 2 is 1.97 bits per heavy atom. The number of nitrogens with one attached hydrogen (secondary N) is 2. The van der Waals surface area contributed by atoms with Gasteiger partial charge in [-0.2, -0.15) is 0 Å². The van der Waals surface area contributed by atoms with Crippen molar-refractivity contribution >= 4 is 33.4 Å². The van der Waals surface area contributed by atoms with Gasteiger partial charge in [-0.05, 0) is 56.5 Å². The van der Waals surface area contributed by atoms with Crippen LogP contribution in [0.15, 0.2) is 71.0 Å². The number of piperidine rings is 1. The molecule has 0 aliphatic carbocycles. The van der Waals surface area contributed by atoms with Crippen molar-refractivity contribution in [3.8, 4) is 0 Å². The zero-order valence-corrected chi connectivity index (χ0v) is 20.1. The third-order valence-corrected chi connectivity index (χ3v) is 7.89. The normalized spacial score (nSPS) is 17.1. The lowest BCUT2D eigenvalue weighted by molar-refractivity contribution is -0.117. The van der Waals surface area contributed by atoms with Gasteiger partial charge in [-0.1, -0.05) is 35.9 Å². The third kappa shape index (κ3) is 7.20. The van der Waals surface area contributed by atoms with Gasteiger partial charge in [0.05, 0.1) is 17.1 Å². The molecule has 2 aromatic rings. The van der Waals surface area contributed by atoms with Crippen LogP contribution in [0.4, 0.5) is 5.69 Å². The van der Waals surface area contributed by atoms with Crippen molar-refractivity contribution in [1.82, 2.24) is 9.62 Å². The fourth-order valence-corrected chi connectivity index (χ4v) is 5.59. The van der Waals surface area contributed by atoms with Gasteiger partial charge < -0.3 is 5.32 Å². The van der Waals surface area contributed by atoms with Gasteiger partial charge in [-0.3, -0.25) is 9.69 Å². The summed E-state index contributed by atoms with van der Waals surface area (Å²) in [7, 11) is -3.53. The van der Waals surface area contributed by atoms with E-state index in [1.165, 1.54) is 0 Å². The first kappa shape index (κ1) is 24.5. The van der Waals surface area contributed by atoms with Crippen molar-refractivity contribution in [1.29, 1.82) is 0 Å². The van der Waals surface area contributed by atoms with E-state index in [9.17, 15) is 13.2 Å². The maximum absolute atomic E-state index is 12.6. The molecule has 1 fully saturated rings. The molecule has 1 heterocycles. The lowest BCUT2D eigenvalue weighted by Gasteiger charge is -2.32. The first-order valence-electron chi connectivity index (χ1n) is 10.8. The molecule has 0 radical (unpaired) electrons. The van der Waals surface area contributed by atoms with Gasteiger partial charge in [-0.15, -0.1) is 18.3 Å². The van der Waals surface area contributed by atoms with Crippen LogP contribution in [-0.2, 0) is 14.8 Å². The van der Waals surface area contributed by atoms with Crippen LogP contribution in [-0.4, -0.2) is 51.2 Å². The maximum atomic E-state index is 12.6. The molecule has 172 valence electrons. The van der Waals surface area contributed by atoms with Gasteiger partial charge in [0, 0.05) is 23.7 Å². The third-order valence-electron chi connectivity index (χ3n) is 5.38. The molecular formula is C24H31N3O3S2. The van der Waals surface area contributed by atoms with E-state index in [1.54, 1.807) is 36.0 Å². The summed E-state index contributed by atoms with van der Waals surface area (Å²) in [6.45, 7) is 7.86. The number of likely N-dealkylation sites (tertiary alicyclic amines) is 1. The lowest BCUT2D eigenvalue weighted by atomic mass is 9.98. The topological polar surface area (TPSA) is 78.5 Å². The summed E-state index contributed by atoms with van der Waals surface area (Å²) in [6, 6.07) is 14.6. The van der Waals surface area contributed by atoms with Crippen molar-refractivity contribution in [2.45, 2.75) is 29.6 Å². The number of aryl methyl sites for hydroxylation is 1. The number of para-hydroxylation sites is 1. The van der Waals surface area contributed by atoms with Crippen molar-refractivity contribution in [3.63, 3.8) is 0 Å². The van der Waals surface area contributed by atoms with Crippen molar-refractivity contribution in [2.24, 2.45) is 5.92 Å². The van der Waals surface area contributed by atoms with E-state index < -0.39 is 10.0 Å². The number of rotatable bonds is 10. The fourth-order valence-electron chi connectivity index (χ4n) is 3.73. The molecule has 0 spiro atoms. The number of hydrogen-bond acceptors (Lipinski definition) is 5. The maximum Gasteiger partial charge on any atom is 0.240 e. The van der Waals surface area contributed by atoms with Gasteiger partial charge in [0.2, 0.25) is 15.9 Å². The van der Waals surface area contributed by atoms with E-state index in [4.69, 9.17) is 0 Å². The highest BCUT2D eigenvalue weighted by Gasteiger charge is 2.24. The molecule has 0 aromatic heterocycles. The van der Waals surface area contributed by atoms with E-state index >= 15 is 0 Å². The molecule has 0 saturated carbocycles. The van der Waals surface area contributed by atoms with Crippen LogP contribution in [0.1, 0.15) is 18.4 Å². The van der Waals surface area contributed by atoms with Crippen molar-refractivity contribution in [3.05, 3.63) is 66.7 Å². The van der Waals surface area contributed by atoms with E-state index in [-0.39, 0.29) is 16.7 Å². The molecule has 3 rings (SSSR count). The Hall–Kier alpha value is -2.13. The Morgan fingerprint density at radius 3 is 2.72 bits per heavy atom. The Labute approximate surface area is 195 Å². The molecular weight excluding hydrogens is 442 g/mol. The standard InChI is InChI=1S/C24H31N3O3S2/c1-3-15-31-23-9-5-4-8-22(23)26-24(28)18-27-14-6-7-20(17-27)16-25-32(29,30)21-12-10-19(2)11-13-21/h3-5,8-13,20,25H,1,6-7,14-18H2,2H3,(H,26,28). The molecule has 1 aliphatic heterocycles. The lowest BCUT2D eigenvalue weighted by Crippen LogP contribution is -2.43. The van der Waals surface area contributed by atoms with E-state index in [0.29, 0.717) is 19.6 Å². The second kappa shape index (κ2) is 11.7. The minimum atomic E-state index is -3.53. The average molecular weight is 474 g/mol. The predicted molar refractivity (Wildman–Crippen MR) is 132 cm³/mol. The molecule has 2 N–H and O–H groups in total. The van der Waals surface area contributed by atoms with Crippen LogP contribution >= 0.6 is 11.8 Å². The molecule has 2 aromatic carbocycles. The van der Waals surface area contributed by atoms with Crippen LogP contribution < -0.4 is 10.0 Å². The second-order valence-electron chi connectivity index (χ2n) is 8.05. The predicted octanol–water partition coefficient (Wildman–Crippen LogP) is 3.90. The zero-order valence-electron chi connectivity index (χ0n) is 18.4. The van der Waals surface area contributed by atoms with Gasteiger partial charge in [0.15, 0.2) is 0 Å². The van der Waals surface area contributed by atoms with Crippen LogP contribution in [0, 0.1) is 12.8 Å². The van der Waals surface area contributed by atoms with E-state index in [0.717, 1.165) is 41.3 Å². The number of benzene rings is 2. The smallest absolute Gasteiger partial charge is 0.240 e. The Morgan fingerprint density at radius 1 is 1.22 bits per heavy atom. The summed E-state index contributed by atoms with van der Waals surface area (Å²) in [5.41, 5.74) is 1.83. The summed E-state index contributed by atoms with van der Waals surface area (Å²) < 4.78 is 27.9. The molecule has 6 nitrogen and oxygen atoms in total.